The van der Waals surface area contributed by atoms with Gasteiger partial charge in [0.2, 0.25) is 10.0 Å². The van der Waals surface area contributed by atoms with Crippen molar-refractivity contribution in [2.24, 2.45) is 5.92 Å². The maximum absolute atomic E-state index is 12.9. The topological polar surface area (TPSA) is 131 Å². The third-order valence-electron chi connectivity index (χ3n) is 4.27. The minimum Gasteiger partial charge on any atom is -0.452 e. The van der Waals surface area contributed by atoms with E-state index in [1.165, 1.54) is 22.5 Å². The fourth-order valence-electron chi connectivity index (χ4n) is 2.65. The number of nitrogens with zero attached hydrogens (tertiary/aromatic N) is 1. The zero-order valence-electron chi connectivity index (χ0n) is 17.3. The zero-order chi connectivity index (χ0) is 22.3. The summed E-state index contributed by atoms with van der Waals surface area (Å²) in [6.07, 6.45) is 0. The van der Waals surface area contributed by atoms with Crippen molar-refractivity contribution in [3.05, 3.63) is 29.3 Å². The standard InChI is InChI=1S/C19H27N3O7S/c1-13(2)11-20-19(25)21-17(23)12-29-18(24)15-5-4-14(3)16(10-15)30(26,27)22-6-8-28-9-7-22/h4-5,10,13H,6-9,11-12H2,1-3H3,(H2,20,21,23,25). The highest BCUT2D eigenvalue weighted by atomic mass is 32.2. The van der Waals surface area contributed by atoms with Crippen LogP contribution in [0.5, 0.6) is 0 Å². The van der Waals surface area contributed by atoms with Gasteiger partial charge in [0.05, 0.1) is 23.7 Å². The summed E-state index contributed by atoms with van der Waals surface area (Å²) in [4.78, 5) is 35.6. The Morgan fingerprint density at radius 1 is 1.20 bits per heavy atom. The molecule has 1 saturated heterocycles. The van der Waals surface area contributed by atoms with Crippen molar-refractivity contribution in [1.29, 1.82) is 0 Å². The van der Waals surface area contributed by atoms with Gasteiger partial charge in [-0.15, -0.1) is 0 Å². The van der Waals surface area contributed by atoms with Crippen LogP contribution in [0.25, 0.3) is 0 Å². The predicted molar refractivity (Wildman–Crippen MR) is 107 cm³/mol. The summed E-state index contributed by atoms with van der Waals surface area (Å²) in [5.74, 6) is -1.45. The Morgan fingerprint density at radius 3 is 2.50 bits per heavy atom. The molecule has 11 heteroatoms. The van der Waals surface area contributed by atoms with Crippen molar-refractivity contribution in [1.82, 2.24) is 14.9 Å². The van der Waals surface area contributed by atoms with E-state index in [0.717, 1.165) is 0 Å². The van der Waals surface area contributed by atoms with Crippen LogP contribution in [-0.2, 0) is 24.3 Å². The normalized spacial score (nSPS) is 14.9. The largest absolute Gasteiger partial charge is 0.452 e. The van der Waals surface area contributed by atoms with E-state index in [1.54, 1.807) is 6.92 Å². The van der Waals surface area contributed by atoms with Gasteiger partial charge in [0, 0.05) is 19.6 Å². The second-order valence-electron chi connectivity index (χ2n) is 7.22. The second kappa shape index (κ2) is 10.5. The SMILES string of the molecule is Cc1ccc(C(=O)OCC(=O)NC(=O)NCC(C)C)cc1S(=O)(=O)N1CCOCC1. The van der Waals surface area contributed by atoms with Gasteiger partial charge in [-0.3, -0.25) is 10.1 Å². The molecule has 1 aliphatic rings. The highest BCUT2D eigenvalue weighted by molar-refractivity contribution is 7.89. The minimum atomic E-state index is -3.80. The summed E-state index contributed by atoms with van der Waals surface area (Å²) >= 11 is 0. The molecule has 0 radical (unpaired) electrons. The van der Waals surface area contributed by atoms with Crippen molar-refractivity contribution >= 4 is 27.9 Å². The Hall–Kier alpha value is -2.50. The lowest BCUT2D eigenvalue weighted by molar-refractivity contribution is -0.123. The maximum Gasteiger partial charge on any atom is 0.338 e. The van der Waals surface area contributed by atoms with Crippen LogP contribution in [0.2, 0.25) is 0 Å². The first-order valence-electron chi connectivity index (χ1n) is 9.54. The number of ether oxygens (including phenoxy) is 2. The highest BCUT2D eigenvalue weighted by Crippen LogP contribution is 2.22. The molecule has 1 aliphatic heterocycles. The Labute approximate surface area is 176 Å². The number of carbonyl (C=O) groups is 3. The molecular formula is C19H27N3O7S. The molecule has 0 aromatic heterocycles. The van der Waals surface area contributed by atoms with E-state index in [2.05, 4.69) is 5.32 Å². The van der Waals surface area contributed by atoms with Gasteiger partial charge in [-0.25, -0.2) is 18.0 Å². The van der Waals surface area contributed by atoms with E-state index in [-0.39, 0.29) is 29.5 Å². The van der Waals surface area contributed by atoms with E-state index in [1.807, 2.05) is 19.2 Å². The molecule has 10 nitrogen and oxygen atoms in total. The van der Waals surface area contributed by atoms with Gasteiger partial charge in [-0.2, -0.15) is 4.31 Å². The lowest BCUT2D eigenvalue weighted by Crippen LogP contribution is -2.42. The third kappa shape index (κ3) is 6.51. The third-order valence-corrected chi connectivity index (χ3v) is 6.31. The smallest absolute Gasteiger partial charge is 0.338 e. The molecule has 0 bridgehead atoms. The second-order valence-corrected chi connectivity index (χ2v) is 9.13. The first-order valence-corrected chi connectivity index (χ1v) is 11.0. The molecule has 3 amide bonds. The molecule has 1 fully saturated rings. The van der Waals surface area contributed by atoms with Crippen molar-refractivity contribution < 1.29 is 32.3 Å². The molecule has 0 aliphatic carbocycles. The van der Waals surface area contributed by atoms with Crippen LogP contribution in [0, 0.1) is 12.8 Å². The van der Waals surface area contributed by atoms with Crippen LogP contribution >= 0.6 is 0 Å². The Bertz CT molecular complexity index is 893. The number of imide groups is 1. The number of amides is 3. The molecule has 1 aromatic rings. The van der Waals surface area contributed by atoms with Crippen molar-refractivity contribution in [2.75, 3.05) is 39.5 Å². The quantitative estimate of drug-likeness (QED) is 0.594. The number of urea groups is 1. The number of esters is 1. The van der Waals surface area contributed by atoms with Crippen LogP contribution in [0.15, 0.2) is 23.1 Å². The van der Waals surface area contributed by atoms with Crippen molar-refractivity contribution in [3.63, 3.8) is 0 Å². The van der Waals surface area contributed by atoms with Gasteiger partial charge in [0.25, 0.3) is 5.91 Å². The molecule has 0 spiro atoms. The number of hydrogen-bond acceptors (Lipinski definition) is 7. The first-order chi connectivity index (χ1) is 14.1. The average Bonchev–Trinajstić information content (AvgIpc) is 2.71. The summed E-state index contributed by atoms with van der Waals surface area (Å²) in [6, 6.07) is 3.47. The maximum atomic E-state index is 12.9. The molecule has 1 heterocycles. The molecule has 166 valence electrons. The van der Waals surface area contributed by atoms with Crippen molar-refractivity contribution in [3.8, 4) is 0 Å². The fourth-order valence-corrected chi connectivity index (χ4v) is 4.31. The van der Waals surface area contributed by atoms with Crippen LogP contribution < -0.4 is 10.6 Å². The van der Waals surface area contributed by atoms with E-state index in [4.69, 9.17) is 9.47 Å². The predicted octanol–water partition coefficient (Wildman–Crippen LogP) is 0.655. The summed E-state index contributed by atoms with van der Waals surface area (Å²) in [5, 5.41) is 4.55. The first kappa shape index (κ1) is 23.8. The van der Waals surface area contributed by atoms with Gasteiger partial charge < -0.3 is 14.8 Å². The zero-order valence-corrected chi connectivity index (χ0v) is 18.1. The Balaban J connectivity index is 2.00. The number of carbonyl (C=O) groups excluding carboxylic acids is 3. The molecule has 1 aromatic carbocycles. The molecule has 2 N–H and O–H groups in total. The van der Waals surface area contributed by atoms with Gasteiger partial charge in [0.1, 0.15) is 0 Å². The molecule has 0 atom stereocenters. The number of rotatable bonds is 7. The summed E-state index contributed by atoms with van der Waals surface area (Å²) in [5.41, 5.74) is 0.474. The van der Waals surface area contributed by atoms with Gasteiger partial charge in [-0.05, 0) is 30.5 Å². The monoisotopic (exact) mass is 441 g/mol. The summed E-state index contributed by atoms with van der Waals surface area (Å²) < 4.78 is 37.2. The van der Waals surface area contributed by atoms with E-state index in [0.29, 0.717) is 25.3 Å². The summed E-state index contributed by atoms with van der Waals surface area (Å²) in [7, 11) is -3.80. The van der Waals surface area contributed by atoms with Gasteiger partial charge >= 0.3 is 12.0 Å². The van der Waals surface area contributed by atoms with Crippen LogP contribution in [0.1, 0.15) is 29.8 Å². The van der Waals surface area contributed by atoms with Crippen molar-refractivity contribution in [2.45, 2.75) is 25.7 Å². The number of sulfonamides is 1. The van der Waals surface area contributed by atoms with Gasteiger partial charge in [0.15, 0.2) is 6.61 Å². The van der Waals surface area contributed by atoms with Crippen LogP contribution in [-0.4, -0.2) is 70.1 Å². The molecule has 30 heavy (non-hydrogen) atoms. The Morgan fingerprint density at radius 2 is 1.87 bits per heavy atom. The number of nitrogens with one attached hydrogen (secondary N) is 2. The lowest BCUT2D eigenvalue weighted by Gasteiger charge is -2.26. The number of benzene rings is 1. The molecule has 0 saturated carbocycles. The highest BCUT2D eigenvalue weighted by Gasteiger charge is 2.28. The van der Waals surface area contributed by atoms with E-state index in [9.17, 15) is 22.8 Å². The Kier molecular flexibility index (Phi) is 8.33. The summed E-state index contributed by atoms with van der Waals surface area (Å²) in [6.45, 7) is 6.23. The number of morpholine rings is 1. The fraction of sp³-hybridized carbons (Fsp3) is 0.526. The van der Waals surface area contributed by atoms with Crippen LogP contribution in [0.4, 0.5) is 4.79 Å². The number of aryl methyl sites for hydroxylation is 1. The average molecular weight is 442 g/mol. The van der Waals surface area contributed by atoms with Gasteiger partial charge in [-0.1, -0.05) is 19.9 Å². The minimum absolute atomic E-state index is 0.00337. The number of hydrogen-bond donors (Lipinski definition) is 2. The van der Waals surface area contributed by atoms with E-state index < -0.39 is 34.5 Å². The molecular weight excluding hydrogens is 414 g/mol. The van der Waals surface area contributed by atoms with Crippen LogP contribution in [0.3, 0.4) is 0 Å². The molecule has 0 unspecified atom stereocenters. The molecule has 2 rings (SSSR count). The van der Waals surface area contributed by atoms with E-state index >= 15 is 0 Å². The lowest BCUT2D eigenvalue weighted by atomic mass is 10.1.